The average Bonchev–Trinajstić information content (AvgIpc) is 3.05. The highest BCUT2D eigenvalue weighted by Gasteiger charge is 2.24. The van der Waals surface area contributed by atoms with Crippen LogP contribution in [0.25, 0.3) is 11.1 Å². The highest BCUT2D eigenvalue weighted by molar-refractivity contribution is 5.97. The van der Waals surface area contributed by atoms with Crippen LogP contribution in [-0.4, -0.2) is 79.5 Å². The Kier molecular flexibility index (Phi) is 11.1. The number of rotatable bonds is 12. The van der Waals surface area contributed by atoms with Crippen LogP contribution in [0.4, 0.5) is 10.5 Å². The summed E-state index contributed by atoms with van der Waals surface area (Å²) in [6.07, 6.45) is 2.64. The zero-order valence-corrected chi connectivity index (χ0v) is 25.3. The molecule has 232 valence electrons. The van der Waals surface area contributed by atoms with Crippen LogP contribution >= 0.6 is 0 Å². The summed E-state index contributed by atoms with van der Waals surface area (Å²) in [4.78, 5) is 41.4. The number of nitrogens with two attached hydrogens (primary N) is 1. The molecule has 4 N–H and O–H groups in total. The summed E-state index contributed by atoms with van der Waals surface area (Å²) >= 11 is 0. The molecule has 5 rings (SSSR count). The number of hydrogen-bond donors (Lipinski definition) is 3. The van der Waals surface area contributed by atoms with E-state index in [4.69, 9.17) is 10.5 Å². The molecule has 0 radical (unpaired) electrons. The molecule has 0 aromatic heterocycles. The first-order chi connectivity index (χ1) is 21.4. The molecule has 2 amide bonds. The zero-order chi connectivity index (χ0) is 30.7. The first-order valence-corrected chi connectivity index (χ1v) is 15.6. The van der Waals surface area contributed by atoms with E-state index in [1.807, 2.05) is 78.9 Å². The van der Waals surface area contributed by atoms with E-state index >= 15 is 0 Å². The van der Waals surface area contributed by atoms with Crippen LogP contribution in [0.15, 0.2) is 78.9 Å². The van der Waals surface area contributed by atoms with Crippen molar-refractivity contribution >= 4 is 23.5 Å². The summed E-state index contributed by atoms with van der Waals surface area (Å²) in [6.45, 7) is 6.07. The van der Waals surface area contributed by atoms with Gasteiger partial charge in [-0.05, 0) is 56.0 Å². The lowest BCUT2D eigenvalue weighted by molar-refractivity contribution is -0.123. The number of ketones is 1. The fraction of sp³-hybridized carbons (Fsp3) is 0.400. The van der Waals surface area contributed by atoms with Gasteiger partial charge in [-0.15, -0.1) is 0 Å². The van der Waals surface area contributed by atoms with Crippen molar-refractivity contribution < 1.29 is 19.1 Å². The number of hydrogen-bond acceptors (Lipinski definition) is 7. The number of likely N-dealkylation sites (tertiary alicyclic amines) is 2. The Morgan fingerprint density at radius 1 is 0.795 bits per heavy atom. The van der Waals surface area contributed by atoms with Gasteiger partial charge in [0, 0.05) is 49.8 Å². The molecular weight excluding hydrogens is 554 g/mol. The Bertz CT molecular complexity index is 1380. The van der Waals surface area contributed by atoms with E-state index in [0.29, 0.717) is 18.7 Å². The van der Waals surface area contributed by atoms with E-state index in [1.54, 1.807) is 0 Å². The van der Waals surface area contributed by atoms with E-state index in [2.05, 4.69) is 20.4 Å². The maximum absolute atomic E-state index is 12.7. The molecule has 2 aliphatic heterocycles. The first-order valence-electron chi connectivity index (χ1n) is 15.6. The van der Waals surface area contributed by atoms with E-state index in [-0.39, 0.29) is 23.7 Å². The number of piperidine rings is 2. The second-order valence-electron chi connectivity index (χ2n) is 11.7. The maximum Gasteiger partial charge on any atom is 0.411 e. The van der Waals surface area contributed by atoms with Gasteiger partial charge in [-0.1, -0.05) is 72.8 Å². The van der Waals surface area contributed by atoms with Crippen LogP contribution in [0.3, 0.4) is 0 Å². The summed E-state index contributed by atoms with van der Waals surface area (Å²) < 4.78 is 5.75. The minimum Gasteiger partial charge on any atom is -0.446 e. The molecule has 3 aromatic carbocycles. The van der Waals surface area contributed by atoms with Crippen LogP contribution in [-0.2, 0) is 16.1 Å². The molecule has 0 spiro atoms. The minimum atomic E-state index is -0.426. The summed E-state index contributed by atoms with van der Waals surface area (Å²) in [6, 6.07) is 25.5. The molecule has 9 nitrogen and oxygen atoms in total. The third-order valence-electron chi connectivity index (χ3n) is 8.62. The van der Waals surface area contributed by atoms with Gasteiger partial charge in [-0.2, -0.15) is 0 Å². The molecule has 0 atom stereocenters. The van der Waals surface area contributed by atoms with Gasteiger partial charge < -0.3 is 20.7 Å². The fourth-order valence-corrected chi connectivity index (χ4v) is 5.97. The fourth-order valence-electron chi connectivity index (χ4n) is 5.97. The van der Waals surface area contributed by atoms with Crippen molar-refractivity contribution in [1.29, 1.82) is 0 Å². The van der Waals surface area contributed by atoms with Crippen LogP contribution in [0, 0.1) is 5.92 Å². The molecular formula is C35H43N5O4. The number of carbonyl (C=O) groups excluding carboxylic acids is 3. The monoisotopic (exact) mass is 597 g/mol. The smallest absolute Gasteiger partial charge is 0.411 e. The molecule has 0 aliphatic carbocycles. The summed E-state index contributed by atoms with van der Waals surface area (Å²) in [5.74, 6) is -0.127. The number of para-hydroxylation sites is 1. The summed E-state index contributed by atoms with van der Waals surface area (Å²) in [7, 11) is 0. The van der Waals surface area contributed by atoms with Gasteiger partial charge in [0.1, 0.15) is 6.10 Å². The number of Topliss-reactive ketones (excluding diaryl/α,β-unsaturated/α-hetero) is 1. The molecule has 2 aliphatic rings. The van der Waals surface area contributed by atoms with Gasteiger partial charge in [0.25, 0.3) is 0 Å². The predicted octanol–water partition coefficient (Wildman–Crippen LogP) is 4.54. The molecule has 2 heterocycles. The zero-order valence-electron chi connectivity index (χ0n) is 25.3. The van der Waals surface area contributed by atoms with Gasteiger partial charge >= 0.3 is 6.09 Å². The third-order valence-corrected chi connectivity index (χ3v) is 8.62. The molecule has 0 saturated carbocycles. The molecule has 0 bridgehead atoms. The Balaban J connectivity index is 0.961. The van der Waals surface area contributed by atoms with Crippen molar-refractivity contribution in [2.24, 2.45) is 11.7 Å². The van der Waals surface area contributed by atoms with Gasteiger partial charge in [-0.25, -0.2) is 4.79 Å². The topological polar surface area (TPSA) is 117 Å². The first kappa shape index (κ1) is 31.4. The van der Waals surface area contributed by atoms with Gasteiger partial charge in [-0.3, -0.25) is 19.8 Å². The molecule has 9 heteroatoms. The van der Waals surface area contributed by atoms with Crippen LogP contribution in [0.2, 0.25) is 0 Å². The van der Waals surface area contributed by atoms with Crippen LogP contribution in [0.1, 0.15) is 41.6 Å². The molecule has 44 heavy (non-hydrogen) atoms. The largest absolute Gasteiger partial charge is 0.446 e. The quantitative estimate of drug-likeness (QED) is 0.207. The summed E-state index contributed by atoms with van der Waals surface area (Å²) in [5.41, 5.74) is 10.0. The van der Waals surface area contributed by atoms with Crippen molar-refractivity contribution in [2.45, 2.75) is 38.3 Å². The minimum absolute atomic E-state index is 0.00684. The van der Waals surface area contributed by atoms with Crippen molar-refractivity contribution in [3.63, 3.8) is 0 Å². The van der Waals surface area contributed by atoms with Crippen LogP contribution < -0.4 is 16.4 Å². The van der Waals surface area contributed by atoms with Gasteiger partial charge in [0.15, 0.2) is 5.78 Å². The van der Waals surface area contributed by atoms with Crippen molar-refractivity contribution in [1.82, 2.24) is 15.1 Å². The normalized spacial score (nSPS) is 16.8. The number of primary amides is 1. The van der Waals surface area contributed by atoms with E-state index in [0.717, 1.165) is 87.3 Å². The maximum atomic E-state index is 12.7. The van der Waals surface area contributed by atoms with Gasteiger partial charge in [0.2, 0.25) is 5.91 Å². The number of ether oxygens (including phenoxy) is 1. The number of carbonyl (C=O) groups is 3. The number of anilines is 1. The molecule has 0 unspecified atom stereocenters. The lowest BCUT2D eigenvalue weighted by Crippen LogP contribution is -2.42. The van der Waals surface area contributed by atoms with E-state index < -0.39 is 6.09 Å². The van der Waals surface area contributed by atoms with Crippen LogP contribution in [0.5, 0.6) is 0 Å². The Labute approximate surface area is 259 Å². The second-order valence-corrected chi connectivity index (χ2v) is 11.7. The number of amides is 2. The third kappa shape index (κ3) is 8.98. The lowest BCUT2D eigenvalue weighted by atomic mass is 9.96. The van der Waals surface area contributed by atoms with Crippen molar-refractivity contribution in [3.05, 3.63) is 90.0 Å². The molecule has 3 aromatic rings. The number of nitrogens with one attached hydrogen (secondary N) is 2. The van der Waals surface area contributed by atoms with E-state index in [9.17, 15) is 14.4 Å². The number of benzene rings is 3. The highest BCUT2D eigenvalue weighted by atomic mass is 16.6. The Hall–Kier alpha value is -4.05. The van der Waals surface area contributed by atoms with Gasteiger partial charge in [0.05, 0.1) is 12.2 Å². The predicted molar refractivity (Wildman–Crippen MR) is 172 cm³/mol. The Morgan fingerprint density at radius 2 is 1.45 bits per heavy atom. The SMILES string of the molecule is NC(=O)C1CCN(Cc2ccc(C(=O)CNCCN3CCC(OC(=O)Nc4ccccc4-c4ccccc4)CC3)cc2)CC1. The highest BCUT2D eigenvalue weighted by Crippen LogP contribution is 2.28. The molecule has 2 fully saturated rings. The second kappa shape index (κ2) is 15.6. The van der Waals surface area contributed by atoms with Crippen molar-refractivity contribution in [2.75, 3.05) is 51.1 Å². The lowest BCUT2D eigenvalue weighted by Gasteiger charge is -2.31. The van der Waals surface area contributed by atoms with Crippen molar-refractivity contribution in [3.8, 4) is 11.1 Å². The Morgan fingerprint density at radius 3 is 2.16 bits per heavy atom. The number of nitrogens with zero attached hydrogens (tertiary/aromatic N) is 2. The molecule has 2 saturated heterocycles. The summed E-state index contributed by atoms with van der Waals surface area (Å²) in [5, 5.41) is 6.21. The standard InChI is InChI=1S/C35H43N5O4/c36-34(42)29-14-19-40(20-15-29)25-26-10-12-28(13-11-26)33(41)24-37-18-23-39-21-16-30(17-22-39)44-35(43)38-32-9-5-4-8-31(32)27-6-2-1-3-7-27/h1-13,29-30,37H,14-25H2,(H2,36,42)(H,38,43). The van der Waals surface area contributed by atoms with E-state index in [1.165, 1.54) is 0 Å². The average molecular weight is 598 g/mol.